The van der Waals surface area contributed by atoms with Crippen LogP contribution in [0.1, 0.15) is 39.5 Å². The highest BCUT2D eigenvalue weighted by molar-refractivity contribution is 5.78. The molecule has 0 radical (unpaired) electrons. The molecule has 1 unspecified atom stereocenters. The smallest absolute Gasteiger partial charge is 0.132 e. The van der Waals surface area contributed by atoms with Gasteiger partial charge in [-0.3, -0.25) is 4.79 Å². The molecule has 0 aliphatic carbocycles. The van der Waals surface area contributed by atoms with Gasteiger partial charge in [-0.25, -0.2) is 0 Å². The molecule has 0 aromatic carbocycles. The first kappa shape index (κ1) is 11.6. The lowest BCUT2D eigenvalue weighted by Crippen LogP contribution is -2.11. The minimum atomic E-state index is 0.307. The van der Waals surface area contributed by atoms with Crippen molar-refractivity contribution in [2.45, 2.75) is 39.5 Å². The summed E-state index contributed by atoms with van der Waals surface area (Å²) in [5.74, 6) is 0.656. The zero-order valence-corrected chi connectivity index (χ0v) is 8.52. The third-order valence-electron chi connectivity index (χ3n) is 2.30. The van der Waals surface area contributed by atoms with Gasteiger partial charge >= 0.3 is 0 Å². The number of Topliss-reactive ketones (excluding diaryl/α,β-unsaturated/α-hetero) is 1. The Labute approximate surface area is 75.7 Å². The van der Waals surface area contributed by atoms with E-state index < -0.39 is 0 Å². The van der Waals surface area contributed by atoms with E-state index >= 15 is 0 Å². The molecule has 0 aliphatic rings. The van der Waals surface area contributed by atoms with Crippen LogP contribution in [-0.4, -0.2) is 19.4 Å². The van der Waals surface area contributed by atoms with Crippen LogP contribution in [-0.2, 0) is 4.79 Å². The quantitative estimate of drug-likeness (QED) is 0.593. The average molecular weight is 171 g/mol. The minimum absolute atomic E-state index is 0.307. The Morgan fingerprint density at radius 3 is 2.50 bits per heavy atom. The molecule has 0 bridgehead atoms. The van der Waals surface area contributed by atoms with Crippen LogP contribution >= 0.6 is 0 Å². The maximum Gasteiger partial charge on any atom is 0.132 e. The van der Waals surface area contributed by atoms with Gasteiger partial charge in [0.2, 0.25) is 0 Å². The molecular weight excluding hydrogens is 150 g/mol. The zero-order chi connectivity index (χ0) is 9.40. The SMILES string of the molecule is CCC(CCCCNC)C(C)=O. The second-order valence-electron chi connectivity index (χ2n) is 3.32. The highest BCUT2D eigenvalue weighted by Gasteiger charge is 2.10. The van der Waals surface area contributed by atoms with Gasteiger partial charge in [-0.15, -0.1) is 0 Å². The molecule has 0 heterocycles. The summed E-state index contributed by atoms with van der Waals surface area (Å²) in [6.45, 7) is 4.85. The summed E-state index contributed by atoms with van der Waals surface area (Å²) >= 11 is 0. The van der Waals surface area contributed by atoms with E-state index in [1.54, 1.807) is 6.92 Å². The van der Waals surface area contributed by atoms with Crippen LogP contribution in [0, 0.1) is 5.92 Å². The first-order valence-electron chi connectivity index (χ1n) is 4.87. The Morgan fingerprint density at radius 1 is 1.42 bits per heavy atom. The summed E-state index contributed by atoms with van der Waals surface area (Å²) in [4.78, 5) is 11.0. The standard InChI is InChI=1S/C10H21NO/c1-4-10(9(2)12)7-5-6-8-11-3/h10-11H,4-8H2,1-3H3. The van der Waals surface area contributed by atoms with Crippen molar-refractivity contribution >= 4 is 5.78 Å². The van der Waals surface area contributed by atoms with Gasteiger partial charge in [0.15, 0.2) is 0 Å². The van der Waals surface area contributed by atoms with Gasteiger partial charge in [0, 0.05) is 5.92 Å². The third kappa shape index (κ3) is 5.30. The molecular formula is C10H21NO. The first-order valence-corrected chi connectivity index (χ1v) is 4.87. The minimum Gasteiger partial charge on any atom is -0.320 e. The lowest BCUT2D eigenvalue weighted by molar-refractivity contribution is -0.121. The topological polar surface area (TPSA) is 29.1 Å². The van der Waals surface area contributed by atoms with Crippen LogP contribution in [0.4, 0.5) is 0 Å². The molecule has 2 nitrogen and oxygen atoms in total. The van der Waals surface area contributed by atoms with Crippen molar-refractivity contribution in [2.75, 3.05) is 13.6 Å². The molecule has 0 saturated carbocycles. The second-order valence-corrected chi connectivity index (χ2v) is 3.32. The van der Waals surface area contributed by atoms with Crippen molar-refractivity contribution in [1.82, 2.24) is 5.32 Å². The predicted octanol–water partition coefficient (Wildman–Crippen LogP) is 1.99. The number of carbonyl (C=O) groups is 1. The molecule has 0 aromatic rings. The van der Waals surface area contributed by atoms with E-state index in [1.165, 1.54) is 12.8 Å². The zero-order valence-electron chi connectivity index (χ0n) is 8.52. The fraction of sp³-hybridized carbons (Fsp3) is 0.900. The van der Waals surface area contributed by atoms with Crippen LogP contribution in [0.5, 0.6) is 0 Å². The number of nitrogens with one attached hydrogen (secondary N) is 1. The normalized spacial score (nSPS) is 12.9. The second kappa shape index (κ2) is 7.29. The van der Waals surface area contributed by atoms with Crippen molar-refractivity contribution in [3.8, 4) is 0 Å². The summed E-state index contributed by atoms with van der Waals surface area (Å²) < 4.78 is 0. The molecule has 0 fully saturated rings. The Bertz CT molecular complexity index is 123. The summed E-state index contributed by atoms with van der Waals surface area (Å²) in [5, 5.41) is 3.10. The molecule has 0 rings (SSSR count). The van der Waals surface area contributed by atoms with Gasteiger partial charge in [0.1, 0.15) is 5.78 Å². The van der Waals surface area contributed by atoms with Crippen molar-refractivity contribution in [1.29, 1.82) is 0 Å². The van der Waals surface area contributed by atoms with Crippen LogP contribution in [0.15, 0.2) is 0 Å². The number of unbranched alkanes of at least 4 members (excludes halogenated alkanes) is 1. The van der Waals surface area contributed by atoms with E-state index in [1.807, 2.05) is 7.05 Å². The molecule has 2 heteroatoms. The van der Waals surface area contributed by atoms with Crippen LogP contribution in [0.25, 0.3) is 0 Å². The number of hydrogen-bond donors (Lipinski definition) is 1. The summed E-state index contributed by atoms with van der Waals surface area (Å²) in [6.07, 6.45) is 4.40. The Hall–Kier alpha value is -0.370. The van der Waals surface area contributed by atoms with E-state index in [9.17, 15) is 4.79 Å². The maximum atomic E-state index is 11.0. The molecule has 0 aromatic heterocycles. The predicted molar refractivity (Wildman–Crippen MR) is 52.2 cm³/mol. The van der Waals surface area contributed by atoms with Gasteiger partial charge in [0.25, 0.3) is 0 Å². The number of carbonyl (C=O) groups excluding carboxylic acids is 1. The van der Waals surface area contributed by atoms with Gasteiger partial charge in [0.05, 0.1) is 0 Å². The van der Waals surface area contributed by atoms with Crippen molar-refractivity contribution in [3.63, 3.8) is 0 Å². The van der Waals surface area contributed by atoms with E-state index in [2.05, 4.69) is 12.2 Å². The van der Waals surface area contributed by atoms with Crippen molar-refractivity contribution in [3.05, 3.63) is 0 Å². The van der Waals surface area contributed by atoms with Gasteiger partial charge in [-0.05, 0) is 39.8 Å². The molecule has 12 heavy (non-hydrogen) atoms. The Morgan fingerprint density at radius 2 is 2.08 bits per heavy atom. The number of hydrogen-bond acceptors (Lipinski definition) is 2. The molecule has 0 spiro atoms. The lowest BCUT2D eigenvalue weighted by atomic mass is 9.96. The molecule has 0 saturated heterocycles. The van der Waals surface area contributed by atoms with Crippen molar-refractivity contribution in [2.24, 2.45) is 5.92 Å². The number of ketones is 1. The summed E-state index contributed by atoms with van der Waals surface area (Å²) in [6, 6.07) is 0. The van der Waals surface area contributed by atoms with Gasteiger partial charge in [-0.1, -0.05) is 13.3 Å². The Kier molecular flexibility index (Phi) is 7.06. The van der Waals surface area contributed by atoms with E-state index in [0.717, 1.165) is 19.4 Å². The fourth-order valence-electron chi connectivity index (χ4n) is 1.39. The Balaban J connectivity index is 3.38. The fourth-order valence-corrected chi connectivity index (χ4v) is 1.39. The average Bonchev–Trinajstić information content (AvgIpc) is 2.04. The van der Waals surface area contributed by atoms with E-state index in [0.29, 0.717) is 11.7 Å². The van der Waals surface area contributed by atoms with E-state index in [-0.39, 0.29) is 0 Å². The number of rotatable bonds is 7. The molecule has 0 aliphatic heterocycles. The third-order valence-corrected chi connectivity index (χ3v) is 2.30. The summed E-state index contributed by atoms with van der Waals surface area (Å²) in [5.41, 5.74) is 0. The van der Waals surface area contributed by atoms with Crippen LogP contribution in [0.3, 0.4) is 0 Å². The van der Waals surface area contributed by atoms with Crippen LogP contribution in [0.2, 0.25) is 0 Å². The maximum absolute atomic E-state index is 11.0. The summed E-state index contributed by atoms with van der Waals surface area (Å²) in [7, 11) is 1.96. The van der Waals surface area contributed by atoms with Crippen molar-refractivity contribution < 1.29 is 4.79 Å². The molecule has 1 atom stereocenters. The lowest BCUT2D eigenvalue weighted by Gasteiger charge is -2.09. The molecule has 72 valence electrons. The highest BCUT2D eigenvalue weighted by atomic mass is 16.1. The highest BCUT2D eigenvalue weighted by Crippen LogP contribution is 2.12. The van der Waals surface area contributed by atoms with E-state index in [4.69, 9.17) is 0 Å². The molecule has 0 amide bonds. The largest absolute Gasteiger partial charge is 0.320 e. The van der Waals surface area contributed by atoms with Gasteiger partial charge < -0.3 is 5.32 Å². The van der Waals surface area contributed by atoms with Gasteiger partial charge in [-0.2, -0.15) is 0 Å². The molecule has 1 N–H and O–H groups in total. The first-order chi connectivity index (χ1) is 5.72. The van der Waals surface area contributed by atoms with Crippen LogP contribution < -0.4 is 5.32 Å². The monoisotopic (exact) mass is 171 g/mol.